The normalized spacial score (nSPS) is 11.4. The number of amides is 1. The molecule has 1 rings (SSSR count). The minimum atomic E-state index is -0.709. The molecule has 1 amide bonds. The molecule has 0 spiro atoms. The van der Waals surface area contributed by atoms with Gasteiger partial charge in [-0.05, 0) is 25.5 Å². The third-order valence-corrected chi connectivity index (χ3v) is 1.53. The summed E-state index contributed by atoms with van der Waals surface area (Å²) in [6.45, 7) is 3.77. The Balaban J connectivity index is 3.01. The molecule has 0 bridgehead atoms. The molecule has 0 aliphatic carbocycles. The Labute approximate surface area is 81.2 Å². The predicted molar refractivity (Wildman–Crippen MR) is 48.9 cm³/mol. The summed E-state index contributed by atoms with van der Waals surface area (Å²) in [6, 6.07) is 3.27. The molecule has 0 unspecified atom stereocenters. The predicted octanol–water partition coefficient (Wildman–Crippen LogP) is 1.09. The van der Waals surface area contributed by atoms with Crippen molar-refractivity contribution in [2.75, 3.05) is 6.61 Å². The molecule has 0 fully saturated rings. The Morgan fingerprint density at radius 1 is 1.64 bits per heavy atom. The Morgan fingerprint density at radius 3 is 2.93 bits per heavy atom. The minimum Gasteiger partial charge on any atom is -0.448 e. The zero-order chi connectivity index (χ0) is 10.6. The van der Waals surface area contributed by atoms with Crippen LogP contribution in [0.25, 0.3) is 0 Å². The summed E-state index contributed by atoms with van der Waals surface area (Å²) >= 11 is 0. The Hall–Kier alpha value is -1.78. The fourth-order valence-electron chi connectivity index (χ4n) is 0.922. The molecule has 0 atom stereocenters. The quantitative estimate of drug-likeness (QED) is 0.684. The lowest BCUT2D eigenvalue weighted by molar-refractivity contribution is 0.153. The molecule has 5 nitrogen and oxygen atoms in total. The molecule has 1 aromatic rings. The Bertz CT molecular complexity index is 395. The van der Waals surface area contributed by atoms with Gasteiger partial charge in [-0.1, -0.05) is 6.07 Å². The van der Waals surface area contributed by atoms with E-state index in [-0.39, 0.29) is 12.1 Å². The molecule has 1 N–H and O–H groups in total. The molecule has 0 aliphatic heterocycles. The summed E-state index contributed by atoms with van der Waals surface area (Å²) < 4.78 is 5.38. The number of ether oxygens (including phenoxy) is 1. The lowest BCUT2D eigenvalue weighted by atomic mass is 10.3. The zero-order valence-electron chi connectivity index (χ0n) is 8.10. The van der Waals surface area contributed by atoms with Crippen molar-refractivity contribution >= 4 is 6.09 Å². The zero-order valence-corrected chi connectivity index (χ0v) is 8.10. The maximum absolute atomic E-state index is 10.9. The highest BCUT2D eigenvalue weighted by Crippen LogP contribution is 1.90. The average molecular weight is 196 g/mol. The molecule has 5 heteroatoms. The van der Waals surface area contributed by atoms with E-state index in [2.05, 4.69) is 9.73 Å². The van der Waals surface area contributed by atoms with Crippen molar-refractivity contribution in [3.8, 4) is 0 Å². The van der Waals surface area contributed by atoms with E-state index in [0.29, 0.717) is 0 Å². The molecule has 0 aliphatic rings. The van der Waals surface area contributed by atoms with E-state index in [1.54, 1.807) is 13.0 Å². The van der Waals surface area contributed by atoms with Gasteiger partial charge in [0.1, 0.15) is 0 Å². The lowest BCUT2D eigenvalue weighted by Crippen LogP contribution is -2.20. The van der Waals surface area contributed by atoms with Crippen LogP contribution in [-0.2, 0) is 4.74 Å². The largest absolute Gasteiger partial charge is 0.448 e. The van der Waals surface area contributed by atoms with Gasteiger partial charge in [-0.2, -0.15) is 9.72 Å². The Kier molecular flexibility index (Phi) is 3.28. The van der Waals surface area contributed by atoms with Gasteiger partial charge in [0.25, 0.3) is 0 Å². The topological polar surface area (TPSA) is 63.8 Å². The van der Waals surface area contributed by atoms with Gasteiger partial charge in [0.15, 0.2) is 5.49 Å². The summed E-state index contributed by atoms with van der Waals surface area (Å²) in [5.41, 5.74) is 1.02. The minimum absolute atomic E-state index is 0.147. The van der Waals surface area contributed by atoms with Crippen LogP contribution < -0.4 is 5.49 Å². The number of carbonyl (C=O) groups excluding carboxylic acids is 1. The fraction of sp³-hybridized carbons (Fsp3) is 0.333. The highest BCUT2D eigenvalue weighted by atomic mass is 16.5. The monoisotopic (exact) mass is 196 g/mol. The summed E-state index contributed by atoms with van der Waals surface area (Å²) in [7, 11) is 0. The van der Waals surface area contributed by atoms with Crippen molar-refractivity contribution in [3.05, 3.63) is 29.4 Å². The van der Waals surface area contributed by atoms with Crippen LogP contribution in [0.1, 0.15) is 12.5 Å². The van der Waals surface area contributed by atoms with Crippen LogP contribution in [0.4, 0.5) is 4.79 Å². The Morgan fingerprint density at radius 2 is 2.36 bits per heavy atom. The average Bonchev–Trinajstić information content (AvgIpc) is 2.10. The standard InChI is InChI=1S/C9H12N2O3/c1-3-14-9(12)10-8-5-4-7(2)6-11(8)13/h4-6,13H,3H2,1-2H3/b10-8-. The fourth-order valence-corrected chi connectivity index (χ4v) is 0.922. The molecule has 76 valence electrons. The first-order valence-corrected chi connectivity index (χ1v) is 4.23. The van der Waals surface area contributed by atoms with Crippen molar-refractivity contribution in [2.24, 2.45) is 4.99 Å². The summed E-state index contributed by atoms with van der Waals surface area (Å²) in [5, 5.41) is 9.32. The van der Waals surface area contributed by atoms with Crippen molar-refractivity contribution in [2.45, 2.75) is 13.8 Å². The molecular weight excluding hydrogens is 184 g/mol. The SMILES string of the molecule is CCOC(=O)/N=c1/ccc(C)cn1O. The van der Waals surface area contributed by atoms with Gasteiger partial charge >= 0.3 is 6.09 Å². The molecule has 14 heavy (non-hydrogen) atoms. The number of rotatable bonds is 1. The van der Waals surface area contributed by atoms with Crippen LogP contribution in [-0.4, -0.2) is 22.6 Å². The van der Waals surface area contributed by atoms with Gasteiger partial charge in [0.05, 0.1) is 6.61 Å². The van der Waals surface area contributed by atoms with Crippen LogP contribution in [0.3, 0.4) is 0 Å². The van der Waals surface area contributed by atoms with Gasteiger partial charge in [-0.25, -0.2) is 4.79 Å². The number of aromatic nitrogens is 1. The second-order valence-corrected chi connectivity index (χ2v) is 2.72. The van der Waals surface area contributed by atoms with Gasteiger partial charge < -0.3 is 9.94 Å². The van der Waals surface area contributed by atoms with Crippen molar-refractivity contribution in [3.63, 3.8) is 0 Å². The summed E-state index contributed by atoms with van der Waals surface area (Å²) in [6.07, 6.45) is 0.747. The molecule has 0 saturated carbocycles. The van der Waals surface area contributed by atoms with Crippen molar-refractivity contribution in [1.29, 1.82) is 0 Å². The number of hydrogen-bond donors (Lipinski definition) is 1. The third kappa shape index (κ3) is 2.62. The number of hydrogen-bond acceptors (Lipinski definition) is 3. The molecule has 0 radical (unpaired) electrons. The van der Waals surface area contributed by atoms with Gasteiger partial charge in [0, 0.05) is 6.20 Å². The van der Waals surface area contributed by atoms with Crippen molar-refractivity contribution in [1.82, 2.24) is 4.73 Å². The number of carbonyl (C=O) groups is 1. The molecule has 1 aromatic heterocycles. The number of nitrogens with zero attached hydrogens (tertiary/aromatic N) is 2. The van der Waals surface area contributed by atoms with Crippen LogP contribution in [0.15, 0.2) is 23.3 Å². The van der Waals surface area contributed by atoms with Gasteiger partial charge in [0.2, 0.25) is 0 Å². The number of pyridine rings is 1. The van der Waals surface area contributed by atoms with Gasteiger partial charge in [-0.3, -0.25) is 0 Å². The second kappa shape index (κ2) is 4.45. The van der Waals surface area contributed by atoms with Crippen LogP contribution >= 0.6 is 0 Å². The highest BCUT2D eigenvalue weighted by molar-refractivity contribution is 5.68. The molecule has 1 heterocycles. The smallest absolute Gasteiger partial charge is 0.435 e. The summed E-state index contributed by atoms with van der Waals surface area (Å²) in [5.74, 6) is 0. The molecular formula is C9H12N2O3. The number of aryl methyl sites for hydroxylation is 1. The molecule has 0 aromatic carbocycles. The highest BCUT2D eigenvalue weighted by Gasteiger charge is 1.98. The lowest BCUT2D eigenvalue weighted by Gasteiger charge is -1.99. The van der Waals surface area contributed by atoms with E-state index < -0.39 is 6.09 Å². The van der Waals surface area contributed by atoms with Crippen molar-refractivity contribution < 1.29 is 14.7 Å². The first-order chi connectivity index (χ1) is 6.63. The van der Waals surface area contributed by atoms with E-state index in [4.69, 9.17) is 0 Å². The van der Waals surface area contributed by atoms with E-state index in [9.17, 15) is 10.0 Å². The van der Waals surface area contributed by atoms with E-state index >= 15 is 0 Å². The van der Waals surface area contributed by atoms with E-state index in [1.165, 1.54) is 12.3 Å². The molecule has 0 saturated heterocycles. The van der Waals surface area contributed by atoms with Crippen LogP contribution in [0, 0.1) is 6.92 Å². The summed E-state index contributed by atoms with van der Waals surface area (Å²) in [4.78, 5) is 14.5. The van der Waals surface area contributed by atoms with Crippen LogP contribution in [0.5, 0.6) is 0 Å². The maximum Gasteiger partial charge on any atom is 0.435 e. The second-order valence-electron chi connectivity index (χ2n) is 2.72. The van der Waals surface area contributed by atoms with Crippen LogP contribution in [0.2, 0.25) is 0 Å². The first kappa shape index (κ1) is 10.3. The first-order valence-electron chi connectivity index (χ1n) is 4.23. The van der Waals surface area contributed by atoms with E-state index in [1.807, 2.05) is 6.92 Å². The third-order valence-electron chi connectivity index (χ3n) is 1.53. The van der Waals surface area contributed by atoms with E-state index in [0.717, 1.165) is 10.3 Å². The maximum atomic E-state index is 10.9. The van der Waals surface area contributed by atoms with Gasteiger partial charge in [-0.15, -0.1) is 0 Å².